The Hall–Kier alpha value is -2.23. The van der Waals surface area contributed by atoms with Gasteiger partial charge >= 0.3 is 12.3 Å². The largest absolute Gasteiger partial charge is 0.573 e. The van der Waals surface area contributed by atoms with Gasteiger partial charge in [0.05, 0.1) is 18.1 Å². The van der Waals surface area contributed by atoms with Crippen LogP contribution >= 0.6 is 0 Å². The number of alkyl halides is 3. The minimum atomic E-state index is -4.89. The lowest BCUT2D eigenvalue weighted by molar-refractivity contribution is -0.274. The summed E-state index contributed by atoms with van der Waals surface area (Å²) in [5.74, 6) is -1.78. The molecule has 0 spiro atoms. The first-order valence-corrected chi connectivity index (χ1v) is 5.30. The van der Waals surface area contributed by atoms with Crippen LogP contribution in [0.2, 0.25) is 0 Å². The third-order valence-electron chi connectivity index (χ3n) is 2.37. The summed E-state index contributed by atoms with van der Waals surface area (Å²) in [6.07, 6.45) is -5.01. The highest BCUT2D eigenvalue weighted by Gasteiger charge is 2.31. The van der Waals surface area contributed by atoms with E-state index in [1.165, 1.54) is 0 Å². The molecule has 0 bridgehead atoms. The highest BCUT2D eigenvalue weighted by molar-refractivity contribution is 5.71. The molecular weight excluding hydrogens is 263 g/mol. The Balaban J connectivity index is 3.30. The first-order valence-electron chi connectivity index (χ1n) is 5.30. The summed E-state index contributed by atoms with van der Waals surface area (Å²) in [7, 11) is 0. The average Bonchev–Trinajstić information content (AvgIpc) is 2.25. The number of nitriles is 1. The Morgan fingerprint density at radius 3 is 2.53 bits per heavy atom. The molecule has 4 nitrogen and oxygen atoms in total. The lowest BCUT2D eigenvalue weighted by Gasteiger charge is -2.13. The molecule has 1 aromatic carbocycles. The van der Waals surface area contributed by atoms with E-state index in [9.17, 15) is 18.0 Å². The quantitative estimate of drug-likeness (QED) is 0.915. The molecule has 102 valence electrons. The summed E-state index contributed by atoms with van der Waals surface area (Å²) in [4.78, 5) is 10.7. The summed E-state index contributed by atoms with van der Waals surface area (Å²) >= 11 is 0. The van der Waals surface area contributed by atoms with Crippen LogP contribution in [0.5, 0.6) is 5.75 Å². The smallest absolute Gasteiger partial charge is 0.481 e. The number of hydrogen-bond acceptors (Lipinski definition) is 3. The van der Waals surface area contributed by atoms with Crippen molar-refractivity contribution >= 4 is 5.97 Å². The predicted octanol–water partition coefficient (Wildman–Crippen LogP) is 2.65. The highest BCUT2D eigenvalue weighted by atomic mass is 19.4. The predicted molar refractivity (Wildman–Crippen MR) is 58.6 cm³/mol. The zero-order valence-corrected chi connectivity index (χ0v) is 9.91. The zero-order valence-electron chi connectivity index (χ0n) is 9.91. The van der Waals surface area contributed by atoms with Gasteiger partial charge in [0.1, 0.15) is 5.75 Å². The number of carbonyl (C=O) groups is 1. The van der Waals surface area contributed by atoms with E-state index in [2.05, 4.69) is 4.74 Å². The third-order valence-corrected chi connectivity index (χ3v) is 2.37. The molecule has 0 fully saturated rings. The average molecular weight is 273 g/mol. The number of aliphatic carboxylic acids is 1. The second-order valence-corrected chi connectivity index (χ2v) is 3.69. The monoisotopic (exact) mass is 273 g/mol. The molecule has 1 N–H and O–H groups in total. The second kappa shape index (κ2) is 5.61. The zero-order chi connectivity index (χ0) is 14.6. The lowest BCUT2D eigenvalue weighted by atomic mass is 9.97. The van der Waals surface area contributed by atoms with E-state index in [1.807, 2.05) is 0 Å². The minimum absolute atomic E-state index is 0.0134. The number of hydrogen-bond donors (Lipinski definition) is 1. The summed E-state index contributed by atoms with van der Waals surface area (Å²) < 4.78 is 40.1. The number of ether oxygens (including phenoxy) is 1. The minimum Gasteiger partial charge on any atom is -0.481 e. The maximum atomic E-state index is 12.1. The molecule has 0 saturated carbocycles. The van der Waals surface area contributed by atoms with Crippen molar-refractivity contribution in [3.05, 3.63) is 28.8 Å². The first kappa shape index (κ1) is 14.8. The maximum absolute atomic E-state index is 12.1. The molecule has 0 aliphatic heterocycles. The first-order chi connectivity index (χ1) is 8.76. The Morgan fingerprint density at radius 2 is 2.11 bits per heavy atom. The van der Waals surface area contributed by atoms with E-state index in [1.54, 1.807) is 13.0 Å². The van der Waals surface area contributed by atoms with Crippen molar-refractivity contribution in [2.75, 3.05) is 0 Å². The lowest BCUT2D eigenvalue weighted by Crippen LogP contribution is -2.18. The summed E-state index contributed by atoms with van der Waals surface area (Å²) in [6, 6.07) is 3.70. The highest BCUT2D eigenvalue weighted by Crippen LogP contribution is 2.28. The number of carboxylic acid groups (broad SMARTS) is 1. The van der Waals surface area contributed by atoms with Crippen molar-refractivity contribution < 1.29 is 27.8 Å². The molecular formula is C12H10F3NO3. The molecule has 19 heavy (non-hydrogen) atoms. The number of benzene rings is 1. The second-order valence-electron chi connectivity index (χ2n) is 3.69. The van der Waals surface area contributed by atoms with Crippen LogP contribution in [-0.4, -0.2) is 17.4 Å². The molecule has 0 unspecified atom stereocenters. The van der Waals surface area contributed by atoms with E-state index in [0.29, 0.717) is 12.0 Å². The Kier molecular flexibility index (Phi) is 4.38. The van der Waals surface area contributed by atoms with Crippen LogP contribution in [0.25, 0.3) is 0 Å². The van der Waals surface area contributed by atoms with Gasteiger partial charge in [0.2, 0.25) is 0 Å². The SMILES string of the molecule is CCc1c(C#N)cc(OC(F)(F)F)cc1CC(=O)O. The molecule has 0 aromatic heterocycles. The van der Waals surface area contributed by atoms with Gasteiger partial charge in [-0.3, -0.25) is 4.79 Å². The molecule has 0 saturated heterocycles. The van der Waals surface area contributed by atoms with Crippen LogP contribution in [-0.2, 0) is 17.6 Å². The van der Waals surface area contributed by atoms with Gasteiger partial charge in [-0.1, -0.05) is 6.92 Å². The van der Waals surface area contributed by atoms with Crippen molar-refractivity contribution in [2.24, 2.45) is 0 Å². The number of carboxylic acids is 1. The van der Waals surface area contributed by atoms with E-state index < -0.39 is 24.5 Å². The molecule has 0 radical (unpaired) electrons. The van der Waals surface area contributed by atoms with Crippen molar-refractivity contribution in [3.8, 4) is 11.8 Å². The molecule has 0 atom stereocenters. The molecule has 0 amide bonds. The van der Waals surface area contributed by atoms with Gasteiger partial charge in [0.25, 0.3) is 0 Å². The van der Waals surface area contributed by atoms with E-state index in [-0.39, 0.29) is 11.1 Å². The van der Waals surface area contributed by atoms with Gasteiger partial charge in [-0.2, -0.15) is 5.26 Å². The third kappa shape index (κ3) is 4.17. The van der Waals surface area contributed by atoms with Gasteiger partial charge in [-0.25, -0.2) is 0 Å². The van der Waals surface area contributed by atoms with E-state index in [0.717, 1.165) is 12.1 Å². The molecule has 0 heterocycles. The van der Waals surface area contributed by atoms with Gasteiger partial charge in [-0.05, 0) is 29.7 Å². The number of halogens is 3. The Bertz CT molecular complexity index is 532. The fraction of sp³-hybridized carbons (Fsp3) is 0.333. The summed E-state index contributed by atoms with van der Waals surface area (Å²) in [5.41, 5.74) is 0.549. The van der Waals surface area contributed by atoms with E-state index in [4.69, 9.17) is 10.4 Å². The van der Waals surface area contributed by atoms with Crippen LogP contribution in [0.1, 0.15) is 23.6 Å². The van der Waals surface area contributed by atoms with Crippen molar-refractivity contribution in [2.45, 2.75) is 26.1 Å². The van der Waals surface area contributed by atoms with Gasteiger partial charge in [0.15, 0.2) is 0 Å². The van der Waals surface area contributed by atoms with Crippen LogP contribution in [0.15, 0.2) is 12.1 Å². The Labute approximate surface area is 107 Å². The fourth-order valence-corrected chi connectivity index (χ4v) is 1.73. The molecule has 7 heteroatoms. The van der Waals surface area contributed by atoms with Crippen molar-refractivity contribution in [3.63, 3.8) is 0 Å². The number of nitrogens with zero attached hydrogens (tertiary/aromatic N) is 1. The van der Waals surface area contributed by atoms with Crippen molar-refractivity contribution in [1.82, 2.24) is 0 Å². The van der Waals surface area contributed by atoms with Crippen molar-refractivity contribution in [1.29, 1.82) is 5.26 Å². The molecule has 1 rings (SSSR count). The van der Waals surface area contributed by atoms with Crippen LogP contribution < -0.4 is 4.74 Å². The van der Waals surface area contributed by atoms with Crippen LogP contribution in [0.3, 0.4) is 0 Å². The summed E-state index contributed by atoms with van der Waals surface area (Å²) in [6.45, 7) is 1.69. The van der Waals surface area contributed by atoms with Crippen LogP contribution in [0, 0.1) is 11.3 Å². The van der Waals surface area contributed by atoms with Gasteiger partial charge < -0.3 is 9.84 Å². The molecule has 0 aliphatic carbocycles. The molecule has 1 aromatic rings. The molecule has 0 aliphatic rings. The summed E-state index contributed by atoms with van der Waals surface area (Å²) in [5, 5.41) is 17.6. The fourth-order valence-electron chi connectivity index (χ4n) is 1.73. The topological polar surface area (TPSA) is 70.3 Å². The maximum Gasteiger partial charge on any atom is 0.573 e. The Morgan fingerprint density at radius 1 is 1.47 bits per heavy atom. The number of rotatable bonds is 4. The van der Waals surface area contributed by atoms with Gasteiger partial charge in [0, 0.05) is 0 Å². The normalized spacial score (nSPS) is 10.9. The van der Waals surface area contributed by atoms with Gasteiger partial charge in [-0.15, -0.1) is 13.2 Å². The van der Waals surface area contributed by atoms with Crippen LogP contribution in [0.4, 0.5) is 13.2 Å². The van der Waals surface area contributed by atoms with E-state index >= 15 is 0 Å². The standard InChI is InChI=1S/C12H10F3NO3/c1-2-10-7(5-11(17)18)3-9(4-8(10)6-16)19-12(13,14)15/h3-4H,2,5H2,1H3,(H,17,18).